The molecule has 1 unspecified atom stereocenters. The molecular formula is C15H20N2O2. The summed E-state index contributed by atoms with van der Waals surface area (Å²) >= 11 is 0. The number of rotatable bonds is 2. The van der Waals surface area contributed by atoms with Crippen LogP contribution in [0.1, 0.15) is 54.7 Å². The first kappa shape index (κ1) is 13.7. The molecule has 2 N–H and O–H groups in total. The van der Waals surface area contributed by atoms with E-state index in [-0.39, 0.29) is 17.9 Å². The van der Waals surface area contributed by atoms with Gasteiger partial charge in [0.1, 0.15) is 0 Å². The molecule has 0 aromatic heterocycles. The molecule has 102 valence electrons. The Hall–Kier alpha value is -1.68. The van der Waals surface area contributed by atoms with E-state index in [1.807, 2.05) is 32.9 Å². The van der Waals surface area contributed by atoms with Crippen LogP contribution in [-0.4, -0.2) is 23.8 Å². The molecule has 0 saturated carbocycles. The molecule has 2 amide bonds. The van der Waals surface area contributed by atoms with Gasteiger partial charge in [0.05, 0.1) is 5.41 Å². The Balaban J connectivity index is 2.75. The summed E-state index contributed by atoms with van der Waals surface area (Å²) in [4.78, 5) is 25.8. The van der Waals surface area contributed by atoms with E-state index in [2.05, 4.69) is 0 Å². The van der Waals surface area contributed by atoms with Gasteiger partial charge in [-0.15, -0.1) is 0 Å². The third-order valence-electron chi connectivity index (χ3n) is 3.94. The smallest absolute Gasteiger partial charge is 0.260 e. The molecule has 4 nitrogen and oxygen atoms in total. The first-order valence-electron chi connectivity index (χ1n) is 6.53. The fourth-order valence-corrected chi connectivity index (χ4v) is 2.77. The number of nitrogens with two attached hydrogens (primary N) is 1. The average molecular weight is 260 g/mol. The lowest BCUT2D eigenvalue weighted by molar-refractivity contribution is -0.133. The van der Waals surface area contributed by atoms with E-state index >= 15 is 0 Å². The van der Waals surface area contributed by atoms with Crippen LogP contribution in [0.5, 0.6) is 0 Å². The second-order valence-electron chi connectivity index (χ2n) is 5.58. The molecule has 4 heteroatoms. The molecule has 0 fully saturated rings. The predicted octanol–water partition coefficient (Wildman–Crippen LogP) is 1.99. The van der Waals surface area contributed by atoms with Crippen molar-refractivity contribution in [3.63, 3.8) is 0 Å². The van der Waals surface area contributed by atoms with Crippen molar-refractivity contribution in [3.8, 4) is 0 Å². The Morgan fingerprint density at radius 1 is 1.32 bits per heavy atom. The first-order valence-corrected chi connectivity index (χ1v) is 6.53. The fraction of sp³-hybridized carbons (Fsp3) is 0.467. The van der Waals surface area contributed by atoms with Gasteiger partial charge in [-0.1, -0.05) is 19.1 Å². The van der Waals surface area contributed by atoms with E-state index in [1.54, 1.807) is 6.07 Å². The van der Waals surface area contributed by atoms with Crippen LogP contribution in [0, 0.1) is 0 Å². The van der Waals surface area contributed by atoms with Crippen LogP contribution in [0.3, 0.4) is 0 Å². The van der Waals surface area contributed by atoms with E-state index in [0.29, 0.717) is 5.56 Å². The predicted molar refractivity (Wildman–Crippen MR) is 73.8 cm³/mol. The lowest BCUT2D eigenvalue weighted by Crippen LogP contribution is -2.50. The maximum absolute atomic E-state index is 12.3. The summed E-state index contributed by atoms with van der Waals surface area (Å²) in [5, 5.41) is 0. The summed E-state index contributed by atoms with van der Waals surface area (Å²) in [5.41, 5.74) is 7.69. The molecule has 2 rings (SSSR count). The SMILES string of the molecule is CCC(N)c1cccc2c1C(C)(C)C(=O)N(C)C2=O. The molecule has 1 atom stereocenters. The Kier molecular flexibility index (Phi) is 3.22. The van der Waals surface area contributed by atoms with Gasteiger partial charge >= 0.3 is 0 Å². The summed E-state index contributed by atoms with van der Waals surface area (Å²) in [6, 6.07) is 5.37. The second-order valence-corrected chi connectivity index (χ2v) is 5.58. The van der Waals surface area contributed by atoms with Gasteiger partial charge in [0.25, 0.3) is 5.91 Å². The summed E-state index contributed by atoms with van der Waals surface area (Å²) in [6.07, 6.45) is 0.769. The van der Waals surface area contributed by atoms with Gasteiger partial charge < -0.3 is 5.73 Å². The molecule has 1 heterocycles. The van der Waals surface area contributed by atoms with Gasteiger partial charge in [0.15, 0.2) is 0 Å². The highest BCUT2D eigenvalue weighted by atomic mass is 16.2. The second kappa shape index (κ2) is 4.46. The normalized spacial score (nSPS) is 19.3. The number of carbonyl (C=O) groups excluding carboxylic acids is 2. The molecule has 1 aromatic rings. The van der Waals surface area contributed by atoms with Crippen LogP contribution in [0.15, 0.2) is 18.2 Å². The summed E-state index contributed by atoms with van der Waals surface area (Å²) in [5.74, 6) is -0.426. The highest BCUT2D eigenvalue weighted by Gasteiger charge is 2.44. The van der Waals surface area contributed by atoms with Crippen LogP contribution in [0.4, 0.5) is 0 Å². The van der Waals surface area contributed by atoms with E-state index in [4.69, 9.17) is 5.73 Å². The highest BCUT2D eigenvalue weighted by molar-refractivity contribution is 6.13. The highest BCUT2D eigenvalue weighted by Crippen LogP contribution is 2.38. The third kappa shape index (κ3) is 1.87. The molecule has 19 heavy (non-hydrogen) atoms. The first-order chi connectivity index (χ1) is 8.82. The van der Waals surface area contributed by atoms with Crippen molar-refractivity contribution >= 4 is 11.8 Å². The number of nitrogens with zero attached hydrogens (tertiary/aromatic N) is 1. The van der Waals surface area contributed by atoms with Crippen molar-refractivity contribution in [2.24, 2.45) is 5.73 Å². The van der Waals surface area contributed by atoms with Crippen molar-refractivity contribution < 1.29 is 9.59 Å². The summed E-state index contributed by atoms with van der Waals surface area (Å²) in [6.45, 7) is 5.70. The largest absolute Gasteiger partial charge is 0.324 e. The van der Waals surface area contributed by atoms with Crippen LogP contribution < -0.4 is 5.73 Å². The maximum atomic E-state index is 12.3. The zero-order valence-corrected chi connectivity index (χ0v) is 11.9. The molecule has 1 aliphatic rings. The number of likely N-dealkylation sites (N-methyl/N-ethyl adjacent to an activating group) is 1. The molecular weight excluding hydrogens is 240 g/mol. The zero-order chi connectivity index (χ0) is 14.4. The van der Waals surface area contributed by atoms with Crippen molar-refractivity contribution in [1.29, 1.82) is 0 Å². The number of fused-ring (bicyclic) bond motifs is 1. The van der Waals surface area contributed by atoms with Gasteiger partial charge in [0, 0.05) is 18.7 Å². The number of carbonyl (C=O) groups is 2. The quantitative estimate of drug-likeness (QED) is 0.827. The molecule has 0 aliphatic carbocycles. The van der Waals surface area contributed by atoms with Gasteiger partial charge in [0.2, 0.25) is 5.91 Å². The summed E-state index contributed by atoms with van der Waals surface area (Å²) in [7, 11) is 1.53. The van der Waals surface area contributed by atoms with Crippen molar-refractivity contribution in [2.75, 3.05) is 7.05 Å². The van der Waals surface area contributed by atoms with Crippen molar-refractivity contribution in [2.45, 2.75) is 38.6 Å². The van der Waals surface area contributed by atoms with Crippen LogP contribution in [-0.2, 0) is 10.2 Å². The number of amides is 2. The number of imide groups is 1. The van der Waals surface area contributed by atoms with Crippen LogP contribution in [0.2, 0.25) is 0 Å². The van der Waals surface area contributed by atoms with E-state index in [0.717, 1.165) is 17.5 Å². The van der Waals surface area contributed by atoms with Gasteiger partial charge in [-0.3, -0.25) is 14.5 Å². The average Bonchev–Trinajstić information content (AvgIpc) is 2.41. The van der Waals surface area contributed by atoms with E-state index in [9.17, 15) is 9.59 Å². The summed E-state index contributed by atoms with van der Waals surface area (Å²) < 4.78 is 0. The number of hydrogen-bond acceptors (Lipinski definition) is 3. The van der Waals surface area contributed by atoms with Gasteiger partial charge in [-0.2, -0.15) is 0 Å². The lowest BCUT2D eigenvalue weighted by Gasteiger charge is -2.37. The van der Waals surface area contributed by atoms with Crippen molar-refractivity contribution in [3.05, 3.63) is 34.9 Å². The van der Waals surface area contributed by atoms with E-state index < -0.39 is 5.41 Å². The number of hydrogen-bond donors (Lipinski definition) is 1. The van der Waals surface area contributed by atoms with Gasteiger partial charge in [-0.05, 0) is 37.5 Å². The molecule has 1 aromatic carbocycles. The molecule has 0 radical (unpaired) electrons. The minimum Gasteiger partial charge on any atom is -0.324 e. The zero-order valence-electron chi connectivity index (χ0n) is 11.9. The lowest BCUT2D eigenvalue weighted by atomic mass is 9.73. The number of benzene rings is 1. The Labute approximate surface area is 113 Å². The molecule has 0 bridgehead atoms. The van der Waals surface area contributed by atoms with Gasteiger partial charge in [-0.25, -0.2) is 0 Å². The Bertz CT molecular complexity index is 549. The maximum Gasteiger partial charge on any atom is 0.260 e. The Morgan fingerprint density at radius 2 is 1.95 bits per heavy atom. The molecule has 1 aliphatic heterocycles. The minimum atomic E-state index is -0.721. The third-order valence-corrected chi connectivity index (χ3v) is 3.94. The molecule has 0 spiro atoms. The standard InChI is InChI=1S/C15H20N2O2/c1-5-11(16)9-7-6-8-10-12(9)15(2,3)14(19)17(4)13(10)18/h6-8,11H,5,16H2,1-4H3. The van der Waals surface area contributed by atoms with Crippen LogP contribution >= 0.6 is 0 Å². The van der Waals surface area contributed by atoms with E-state index in [1.165, 1.54) is 11.9 Å². The fourth-order valence-electron chi connectivity index (χ4n) is 2.77. The van der Waals surface area contributed by atoms with Crippen LogP contribution in [0.25, 0.3) is 0 Å². The monoisotopic (exact) mass is 260 g/mol. The Morgan fingerprint density at radius 3 is 2.53 bits per heavy atom. The minimum absolute atomic E-state index is 0.154. The topological polar surface area (TPSA) is 63.4 Å². The molecule has 0 saturated heterocycles. The van der Waals surface area contributed by atoms with Crippen molar-refractivity contribution in [1.82, 2.24) is 4.90 Å².